The molecule has 1 unspecified atom stereocenters. The zero-order chi connectivity index (χ0) is 14.2. The number of rotatable bonds is 2. The van der Waals surface area contributed by atoms with E-state index in [4.69, 9.17) is 0 Å². The van der Waals surface area contributed by atoms with Crippen molar-refractivity contribution < 1.29 is 4.79 Å². The maximum absolute atomic E-state index is 12.0. The first-order valence-electron chi connectivity index (χ1n) is 6.49. The molecule has 2 rings (SSSR count). The lowest BCUT2D eigenvalue weighted by Crippen LogP contribution is -2.46. The summed E-state index contributed by atoms with van der Waals surface area (Å²) in [6, 6.07) is -0.492. The predicted molar refractivity (Wildman–Crippen MR) is 73.8 cm³/mol. The SMILES string of the molecule is CCc1nn(C)cc1C1N=C(NC(C)(C)C)NC1=O. The molecule has 2 heterocycles. The average Bonchev–Trinajstić information content (AvgIpc) is 2.79. The summed E-state index contributed by atoms with van der Waals surface area (Å²) in [7, 11) is 1.85. The molecule has 104 valence electrons. The van der Waals surface area contributed by atoms with Crippen LogP contribution in [0, 0.1) is 0 Å². The summed E-state index contributed by atoms with van der Waals surface area (Å²) in [5.41, 5.74) is 1.67. The molecular formula is C13H21N5O. The van der Waals surface area contributed by atoms with Crippen molar-refractivity contribution in [2.24, 2.45) is 12.0 Å². The summed E-state index contributed by atoms with van der Waals surface area (Å²) >= 11 is 0. The van der Waals surface area contributed by atoms with E-state index in [-0.39, 0.29) is 11.4 Å². The van der Waals surface area contributed by atoms with Crippen molar-refractivity contribution in [3.63, 3.8) is 0 Å². The second-order valence-electron chi connectivity index (χ2n) is 5.80. The topological polar surface area (TPSA) is 71.3 Å². The molecule has 1 aromatic rings. The number of aromatic nitrogens is 2. The van der Waals surface area contributed by atoms with Crippen LogP contribution in [-0.2, 0) is 18.3 Å². The summed E-state index contributed by atoms with van der Waals surface area (Å²) in [4.78, 5) is 16.5. The van der Waals surface area contributed by atoms with Gasteiger partial charge in [0.05, 0.1) is 5.69 Å². The highest BCUT2D eigenvalue weighted by atomic mass is 16.2. The first-order chi connectivity index (χ1) is 8.80. The molecule has 19 heavy (non-hydrogen) atoms. The number of guanidine groups is 1. The number of aliphatic imine (C=N–C) groups is 1. The van der Waals surface area contributed by atoms with Crippen LogP contribution in [0.4, 0.5) is 0 Å². The molecule has 0 radical (unpaired) electrons. The number of aryl methyl sites for hydroxylation is 2. The summed E-state index contributed by atoms with van der Waals surface area (Å²) in [5, 5.41) is 10.3. The van der Waals surface area contributed by atoms with E-state index in [1.54, 1.807) is 4.68 Å². The van der Waals surface area contributed by atoms with Gasteiger partial charge in [0.15, 0.2) is 12.0 Å². The monoisotopic (exact) mass is 263 g/mol. The van der Waals surface area contributed by atoms with Gasteiger partial charge < -0.3 is 5.32 Å². The Bertz CT molecular complexity index is 524. The molecule has 0 saturated carbocycles. The van der Waals surface area contributed by atoms with Crippen LogP contribution in [0.5, 0.6) is 0 Å². The summed E-state index contributed by atoms with van der Waals surface area (Å²) < 4.78 is 1.73. The van der Waals surface area contributed by atoms with Gasteiger partial charge in [-0.05, 0) is 27.2 Å². The van der Waals surface area contributed by atoms with Crippen LogP contribution in [0.25, 0.3) is 0 Å². The van der Waals surface area contributed by atoms with Crippen LogP contribution >= 0.6 is 0 Å². The van der Waals surface area contributed by atoms with E-state index < -0.39 is 6.04 Å². The van der Waals surface area contributed by atoms with E-state index in [0.717, 1.165) is 17.7 Å². The van der Waals surface area contributed by atoms with Crippen molar-refractivity contribution in [3.8, 4) is 0 Å². The zero-order valence-corrected chi connectivity index (χ0v) is 12.1. The van der Waals surface area contributed by atoms with E-state index in [9.17, 15) is 4.79 Å². The van der Waals surface area contributed by atoms with Gasteiger partial charge in [-0.25, -0.2) is 4.99 Å². The Hall–Kier alpha value is -1.85. The van der Waals surface area contributed by atoms with Crippen molar-refractivity contribution in [1.82, 2.24) is 20.4 Å². The molecule has 1 aliphatic rings. The van der Waals surface area contributed by atoms with Gasteiger partial charge in [-0.3, -0.25) is 14.8 Å². The van der Waals surface area contributed by atoms with Gasteiger partial charge in [0.25, 0.3) is 5.91 Å². The number of nitrogens with zero attached hydrogens (tertiary/aromatic N) is 3. The molecule has 1 amide bonds. The van der Waals surface area contributed by atoms with Gasteiger partial charge in [-0.2, -0.15) is 5.10 Å². The first-order valence-corrected chi connectivity index (χ1v) is 6.49. The molecular weight excluding hydrogens is 242 g/mol. The van der Waals surface area contributed by atoms with Crippen LogP contribution in [0.3, 0.4) is 0 Å². The minimum Gasteiger partial charge on any atom is -0.351 e. The lowest BCUT2D eigenvalue weighted by molar-refractivity contribution is -0.120. The molecule has 6 heteroatoms. The third-order valence-electron chi connectivity index (χ3n) is 2.81. The summed E-state index contributed by atoms with van der Waals surface area (Å²) in [6.07, 6.45) is 2.66. The molecule has 1 atom stereocenters. The van der Waals surface area contributed by atoms with E-state index >= 15 is 0 Å². The Labute approximate surface area is 113 Å². The fourth-order valence-electron chi connectivity index (χ4n) is 2.09. The number of carbonyl (C=O) groups is 1. The van der Waals surface area contributed by atoms with E-state index in [2.05, 4.69) is 20.7 Å². The zero-order valence-electron chi connectivity index (χ0n) is 12.1. The van der Waals surface area contributed by atoms with Crippen molar-refractivity contribution >= 4 is 11.9 Å². The van der Waals surface area contributed by atoms with Crippen molar-refractivity contribution in [3.05, 3.63) is 17.5 Å². The Balaban J connectivity index is 2.27. The molecule has 0 bridgehead atoms. The quantitative estimate of drug-likeness (QED) is 0.832. The maximum atomic E-state index is 12.0. The number of hydrogen-bond donors (Lipinski definition) is 2. The average molecular weight is 263 g/mol. The first kappa shape index (κ1) is 13.6. The second kappa shape index (κ2) is 4.68. The molecule has 1 aromatic heterocycles. The molecule has 0 spiro atoms. The number of carbonyl (C=O) groups excluding carboxylic acids is 1. The summed E-state index contributed by atoms with van der Waals surface area (Å²) in [6.45, 7) is 8.10. The second-order valence-corrected chi connectivity index (χ2v) is 5.80. The van der Waals surface area contributed by atoms with Crippen molar-refractivity contribution in [2.75, 3.05) is 0 Å². The van der Waals surface area contributed by atoms with Crippen LogP contribution in [0.2, 0.25) is 0 Å². The predicted octanol–water partition coefficient (Wildman–Crippen LogP) is 0.897. The normalized spacial score (nSPS) is 19.3. The largest absolute Gasteiger partial charge is 0.351 e. The Morgan fingerprint density at radius 2 is 2.16 bits per heavy atom. The minimum absolute atomic E-state index is 0.102. The van der Waals surface area contributed by atoms with E-state index in [1.165, 1.54) is 0 Å². The fourth-order valence-corrected chi connectivity index (χ4v) is 2.09. The Morgan fingerprint density at radius 3 is 2.74 bits per heavy atom. The molecule has 0 aliphatic carbocycles. The highest BCUT2D eigenvalue weighted by Gasteiger charge is 2.32. The van der Waals surface area contributed by atoms with Crippen LogP contribution in [0.1, 0.15) is 45.0 Å². The number of amides is 1. The molecule has 2 N–H and O–H groups in total. The van der Waals surface area contributed by atoms with Gasteiger partial charge in [0.1, 0.15) is 0 Å². The van der Waals surface area contributed by atoms with Gasteiger partial charge >= 0.3 is 0 Å². The standard InChI is InChI=1S/C13H21N5O/c1-6-9-8(7-18(5)17-9)10-11(19)15-12(14-10)16-13(2,3)4/h7,10H,6H2,1-5H3,(H2,14,15,16,19). The fraction of sp³-hybridized carbons (Fsp3) is 0.615. The van der Waals surface area contributed by atoms with Crippen LogP contribution in [-0.4, -0.2) is 27.2 Å². The Morgan fingerprint density at radius 1 is 1.47 bits per heavy atom. The number of nitrogens with one attached hydrogen (secondary N) is 2. The minimum atomic E-state index is -0.492. The van der Waals surface area contributed by atoms with E-state index in [1.807, 2.05) is 40.9 Å². The lowest BCUT2D eigenvalue weighted by Gasteiger charge is -2.21. The molecule has 0 aromatic carbocycles. The van der Waals surface area contributed by atoms with Crippen LogP contribution in [0.15, 0.2) is 11.2 Å². The van der Waals surface area contributed by atoms with Crippen LogP contribution < -0.4 is 10.6 Å². The van der Waals surface area contributed by atoms with Gasteiger partial charge in [0.2, 0.25) is 0 Å². The highest BCUT2D eigenvalue weighted by Crippen LogP contribution is 2.24. The van der Waals surface area contributed by atoms with Gasteiger partial charge in [-0.1, -0.05) is 6.92 Å². The lowest BCUT2D eigenvalue weighted by atomic mass is 10.1. The third kappa shape index (κ3) is 2.94. The summed E-state index contributed by atoms with van der Waals surface area (Å²) in [5.74, 6) is 0.433. The Kier molecular flexibility index (Phi) is 3.34. The third-order valence-corrected chi connectivity index (χ3v) is 2.81. The van der Waals surface area contributed by atoms with Gasteiger partial charge in [0, 0.05) is 24.3 Å². The van der Waals surface area contributed by atoms with Gasteiger partial charge in [-0.15, -0.1) is 0 Å². The maximum Gasteiger partial charge on any atom is 0.256 e. The molecule has 6 nitrogen and oxygen atoms in total. The molecule has 0 fully saturated rings. The molecule has 0 saturated heterocycles. The highest BCUT2D eigenvalue weighted by molar-refractivity contribution is 6.05. The smallest absolute Gasteiger partial charge is 0.256 e. The number of hydrogen-bond acceptors (Lipinski definition) is 4. The van der Waals surface area contributed by atoms with E-state index in [0.29, 0.717) is 5.96 Å². The van der Waals surface area contributed by atoms with Crippen molar-refractivity contribution in [2.45, 2.75) is 45.7 Å². The van der Waals surface area contributed by atoms with Crippen molar-refractivity contribution in [1.29, 1.82) is 0 Å². The molecule has 1 aliphatic heterocycles.